The van der Waals surface area contributed by atoms with Crippen molar-refractivity contribution in [2.24, 2.45) is 0 Å². The predicted octanol–water partition coefficient (Wildman–Crippen LogP) is 2.88. The van der Waals surface area contributed by atoms with Gasteiger partial charge in [-0.3, -0.25) is 4.79 Å². The minimum atomic E-state index is -1.03. The van der Waals surface area contributed by atoms with Crippen LogP contribution in [-0.2, 0) is 9.53 Å². The number of amides is 1. The maximum atomic E-state index is 13.1. The molecule has 25 heavy (non-hydrogen) atoms. The van der Waals surface area contributed by atoms with Crippen LogP contribution in [0.4, 0.5) is 0 Å². The molecule has 2 rings (SSSR count). The number of aliphatic hydroxyl groups is 1. The second-order valence-corrected chi connectivity index (χ2v) is 7.57. The van der Waals surface area contributed by atoms with Gasteiger partial charge < -0.3 is 19.5 Å². The molecule has 0 bridgehead atoms. The van der Waals surface area contributed by atoms with E-state index in [1.165, 1.54) is 0 Å². The zero-order valence-corrected chi connectivity index (χ0v) is 16.2. The van der Waals surface area contributed by atoms with Gasteiger partial charge in [0, 0.05) is 6.54 Å². The molecule has 5 nitrogen and oxygen atoms in total. The summed E-state index contributed by atoms with van der Waals surface area (Å²) in [6.07, 6.45) is -0.648. The minimum Gasteiger partial charge on any atom is -0.478 e. The van der Waals surface area contributed by atoms with Gasteiger partial charge in [0.05, 0.1) is 25.4 Å². The summed E-state index contributed by atoms with van der Waals surface area (Å²) in [5, 5.41) is 10.1. The normalized spacial score (nSPS) is 20.8. The third-order valence-electron chi connectivity index (χ3n) is 4.69. The number of carbonyl (C=O) groups excluding carboxylic acids is 1. The molecule has 1 heterocycles. The van der Waals surface area contributed by atoms with E-state index in [1.807, 2.05) is 19.9 Å². The first-order valence-corrected chi connectivity index (χ1v) is 9.03. The maximum Gasteiger partial charge on any atom is 0.266 e. The van der Waals surface area contributed by atoms with Crippen molar-refractivity contribution in [3.05, 3.63) is 29.3 Å². The monoisotopic (exact) mass is 349 g/mol. The van der Waals surface area contributed by atoms with Crippen molar-refractivity contribution < 1.29 is 19.4 Å². The van der Waals surface area contributed by atoms with Crippen molar-refractivity contribution in [2.45, 2.75) is 65.2 Å². The van der Waals surface area contributed by atoms with Gasteiger partial charge in [0.2, 0.25) is 0 Å². The highest BCUT2D eigenvalue weighted by molar-refractivity contribution is 5.85. The molecule has 1 aliphatic rings. The molecule has 0 aromatic heterocycles. The topological polar surface area (TPSA) is 59.0 Å². The molecule has 1 aliphatic heterocycles. The standard InChI is InChI=1S/C20H31NO4/c1-7-21(16-11-24-12-17(16)22)19(23)20(5,6)25-18-10-14(4)8-9-15(18)13(2)3/h8-10,13,16-17,22H,7,11-12H2,1-6H3/t16-,17-/m0/s1. The average Bonchev–Trinajstić information content (AvgIpc) is 2.93. The Balaban J connectivity index is 2.25. The van der Waals surface area contributed by atoms with E-state index in [4.69, 9.17) is 9.47 Å². The zero-order chi connectivity index (χ0) is 18.8. The fourth-order valence-electron chi connectivity index (χ4n) is 3.23. The van der Waals surface area contributed by atoms with Crippen LogP contribution < -0.4 is 4.74 Å². The Kier molecular flexibility index (Phi) is 6.12. The lowest BCUT2D eigenvalue weighted by molar-refractivity contribution is -0.149. The van der Waals surface area contributed by atoms with Gasteiger partial charge >= 0.3 is 0 Å². The number of carbonyl (C=O) groups is 1. The lowest BCUT2D eigenvalue weighted by Gasteiger charge is -2.36. The van der Waals surface area contributed by atoms with Gasteiger partial charge in [-0.05, 0) is 50.8 Å². The molecular weight excluding hydrogens is 318 g/mol. The summed E-state index contributed by atoms with van der Waals surface area (Å²) in [5.41, 5.74) is 1.14. The van der Waals surface area contributed by atoms with Crippen molar-refractivity contribution in [3.8, 4) is 5.75 Å². The van der Waals surface area contributed by atoms with Crippen molar-refractivity contribution >= 4 is 5.91 Å². The molecule has 5 heteroatoms. The highest BCUT2D eigenvalue weighted by Crippen LogP contribution is 2.31. The molecule has 0 aliphatic carbocycles. The largest absolute Gasteiger partial charge is 0.478 e. The third-order valence-corrected chi connectivity index (χ3v) is 4.69. The highest BCUT2D eigenvalue weighted by Gasteiger charge is 2.41. The van der Waals surface area contributed by atoms with E-state index in [0.717, 1.165) is 16.9 Å². The lowest BCUT2D eigenvalue weighted by Crippen LogP contribution is -2.55. The molecule has 1 aromatic carbocycles. The molecule has 0 saturated carbocycles. The van der Waals surface area contributed by atoms with Crippen molar-refractivity contribution in [2.75, 3.05) is 19.8 Å². The summed E-state index contributed by atoms with van der Waals surface area (Å²) >= 11 is 0. The van der Waals surface area contributed by atoms with E-state index < -0.39 is 11.7 Å². The van der Waals surface area contributed by atoms with Crippen LogP contribution in [0.1, 0.15) is 51.7 Å². The van der Waals surface area contributed by atoms with Crippen LogP contribution in [0.5, 0.6) is 5.75 Å². The Morgan fingerprint density at radius 1 is 1.40 bits per heavy atom. The van der Waals surface area contributed by atoms with Crippen LogP contribution in [-0.4, -0.2) is 53.4 Å². The number of aliphatic hydroxyl groups excluding tert-OH is 1. The van der Waals surface area contributed by atoms with Gasteiger partial charge in [0.25, 0.3) is 5.91 Å². The van der Waals surface area contributed by atoms with Crippen LogP contribution in [0, 0.1) is 6.92 Å². The zero-order valence-electron chi connectivity index (χ0n) is 16.2. The number of hydrogen-bond donors (Lipinski definition) is 1. The van der Waals surface area contributed by atoms with Crippen LogP contribution in [0.25, 0.3) is 0 Å². The number of likely N-dealkylation sites (N-methyl/N-ethyl adjacent to an activating group) is 1. The molecule has 2 atom stereocenters. The maximum absolute atomic E-state index is 13.1. The molecule has 1 N–H and O–H groups in total. The van der Waals surface area contributed by atoms with Crippen LogP contribution in [0.3, 0.4) is 0 Å². The summed E-state index contributed by atoms with van der Waals surface area (Å²) in [5.74, 6) is 0.905. The average molecular weight is 349 g/mol. The van der Waals surface area contributed by atoms with Crippen molar-refractivity contribution in [1.29, 1.82) is 0 Å². The number of hydrogen-bond acceptors (Lipinski definition) is 4. The number of ether oxygens (including phenoxy) is 2. The fourth-order valence-corrected chi connectivity index (χ4v) is 3.23. The second-order valence-electron chi connectivity index (χ2n) is 7.57. The summed E-state index contributed by atoms with van der Waals surface area (Å²) in [7, 11) is 0. The van der Waals surface area contributed by atoms with Crippen LogP contribution >= 0.6 is 0 Å². The SMILES string of the molecule is CCN(C(=O)C(C)(C)Oc1cc(C)ccc1C(C)C)[C@H]1COC[C@@H]1O. The molecule has 0 unspecified atom stereocenters. The number of aryl methyl sites for hydroxylation is 1. The van der Waals surface area contributed by atoms with Gasteiger partial charge in [0.1, 0.15) is 5.75 Å². The summed E-state index contributed by atoms with van der Waals surface area (Å²) in [6, 6.07) is 5.78. The molecule has 1 fully saturated rings. The van der Waals surface area contributed by atoms with Gasteiger partial charge in [-0.25, -0.2) is 0 Å². The molecule has 1 saturated heterocycles. The number of nitrogens with zero attached hydrogens (tertiary/aromatic N) is 1. The van der Waals surface area contributed by atoms with Gasteiger partial charge in [-0.1, -0.05) is 26.0 Å². The lowest BCUT2D eigenvalue weighted by atomic mass is 9.99. The predicted molar refractivity (Wildman–Crippen MR) is 98.0 cm³/mol. The van der Waals surface area contributed by atoms with Gasteiger partial charge in [-0.2, -0.15) is 0 Å². The van der Waals surface area contributed by atoms with E-state index in [-0.39, 0.29) is 18.6 Å². The first-order chi connectivity index (χ1) is 11.7. The second kappa shape index (κ2) is 7.75. The van der Waals surface area contributed by atoms with E-state index in [0.29, 0.717) is 19.1 Å². The Hall–Kier alpha value is -1.59. The van der Waals surface area contributed by atoms with Crippen LogP contribution in [0.15, 0.2) is 18.2 Å². The Bertz CT molecular complexity index is 612. The first-order valence-electron chi connectivity index (χ1n) is 9.03. The number of rotatable bonds is 6. The smallest absolute Gasteiger partial charge is 0.266 e. The summed E-state index contributed by atoms with van der Waals surface area (Å²) in [4.78, 5) is 14.8. The van der Waals surface area contributed by atoms with E-state index in [1.54, 1.807) is 18.7 Å². The van der Waals surface area contributed by atoms with Gasteiger partial charge in [-0.15, -0.1) is 0 Å². The molecule has 1 aromatic rings. The van der Waals surface area contributed by atoms with E-state index in [9.17, 15) is 9.90 Å². The molecule has 140 valence electrons. The van der Waals surface area contributed by atoms with Gasteiger partial charge in [0.15, 0.2) is 5.60 Å². The first kappa shape index (κ1) is 19.7. The van der Waals surface area contributed by atoms with E-state index >= 15 is 0 Å². The van der Waals surface area contributed by atoms with Crippen molar-refractivity contribution in [1.82, 2.24) is 4.90 Å². The molecule has 1 amide bonds. The molecule has 0 spiro atoms. The summed E-state index contributed by atoms with van der Waals surface area (Å²) in [6.45, 7) is 12.8. The van der Waals surface area contributed by atoms with Crippen LogP contribution in [0.2, 0.25) is 0 Å². The highest BCUT2D eigenvalue weighted by atomic mass is 16.5. The number of benzene rings is 1. The van der Waals surface area contributed by atoms with E-state index in [2.05, 4.69) is 26.0 Å². The Morgan fingerprint density at radius 3 is 2.60 bits per heavy atom. The van der Waals surface area contributed by atoms with Crippen molar-refractivity contribution in [3.63, 3.8) is 0 Å². The Morgan fingerprint density at radius 2 is 2.08 bits per heavy atom. The third kappa shape index (κ3) is 4.33. The quantitative estimate of drug-likeness (QED) is 0.858. The molecular formula is C20H31NO4. The Labute approximate surface area is 150 Å². The fraction of sp³-hybridized carbons (Fsp3) is 0.650. The molecule has 0 radical (unpaired) electrons. The minimum absolute atomic E-state index is 0.138. The summed E-state index contributed by atoms with van der Waals surface area (Å²) < 4.78 is 11.5.